The molecule has 0 fully saturated rings. The summed E-state index contributed by atoms with van der Waals surface area (Å²) in [6.45, 7) is 7.70. The molecule has 2 rings (SSSR count). The molecule has 0 aliphatic heterocycles. The lowest BCUT2D eigenvalue weighted by Crippen LogP contribution is -2.27. The number of aryl methyl sites for hydroxylation is 1. The fourth-order valence-electron chi connectivity index (χ4n) is 2.28. The number of carbonyl (C=O) groups excluding carboxylic acids is 1. The number of nitrogens with zero attached hydrogens (tertiary/aromatic N) is 2. The highest BCUT2D eigenvalue weighted by Crippen LogP contribution is 2.22. The van der Waals surface area contributed by atoms with Gasteiger partial charge in [0.05, 0.1) is 11.2 Å². The topological polar surface area (TPSA) is 52.0 Å². The molecular formula is C16H16Cl2N2O2. The molecule has 1 aromatic heterocycles. The summed E-state index contributed by atoms with van der Waals surface area (Å²) < 4.78 is 1.03. The van der Waals surface area contributed by atoms with Crippen LogP contribution in [0.1, 0.15) is 32.6 Å². The van der Waals surface area contributed by atoms with Crippen LogP contribution in [0.3, 0.4) is 0 Å². The Hall–Kier alpha value is -1.65. The van der Waals surface area contributed by atoms with E-state index in [1.54, 1.807) is 0 Å². The average molecular weight is 339 g/mol. The van der Waals surface area contributed by atoms with Gasteiger partial charge in [-0.2, -0.15) is 5.10 Å². The van der Waals surface area contributed by atoms with E-state index in [4.69, 9.17) is 23.2 Å². The summed E-state index contributed by atoms with van der Waals surface area (Å²) in [7, 11) is 0. The predicted octanol–water partition coefficient (Wildman–Crippen LogP) is 3.67. The zero-order chi connectivity index (χ0) is 16.6. The van der Waals surface area contributed by atoms with E-state index in [0.29, 0.717) is 5.56 Å². The van der Waals surface area contributed by atoms with Crippen LogP contribution >= 0.6 is 23.2 Å². The zero-order valence-corrected chi connectivity index (χ0v) is 14.3. The smallest absolute Gasteiger partial charge is 0.287 e. The third kappa shape index (κ3) is 2.94. The highest BCUT2D eigenvalue weighted by Gasteiger charge is 2.16. The fourth-order valence-corrected chi connectivity index (χ4v) is 2.55. The number of rotatable bonds is 3. The molecule has 2 aromatic rings. The maximum Gasteiger partial charge on any atom is 0.287 e. The summed E-state index contributed by atoms with van der Waals surface area (Å²) in [5.41, 5.74) is 4.24. The number of hydrogen-bond acceptors (Lipinski definition) is 3. The molecule has 0 amide bonds. The third-order valence-electron chi connectivity index (χ3n) is 4.02. The minimum absolute atomic E-state index is 0.0774. The molecule has 0 unspecified atom stereocenters. The molecule has 0 N–H and O–H groups in total. The average Bonchev–Trinajstić information content (AvgIpc) is 2.49. The van der Waals surface area contributed by atoms with Crippen molar-refractivity contribution in [3.8, 4) is 0 Å². The van der Waals surface area contributed by atoms with E-state index in [1.165, 1.54) is 11.8 Å². The Bertz CT molecular complexity index is 826. The second-order valence-corrected chi connectivity index (χ2v) is 6.09. The second-order valence-electron chi connectivity index (χ2n) is 5.31. The summed E-state index contributed by atoms with van der Waals surface area (Å²) in [6, 6.07) is 1.85. The highest BCUT2D eigenvalue weighted by atomic mass is 35.5. The number of ketones is 1. The van der Waals surface area contributed by atoms with Crippen LogP contribution in [-0.4, -0.2) is 15.6 Å². The minimum atomic E-state index is -0.569. The lowest BCUT2D eigenvalue weighted by atomic mass is 9.92. The minimum Gasteiger partial charge on any atom is -0.292 e. The standard InChI is InChI=1S/C16H16Cl2N2O2/c1-8-5-12(11(4)10(3)9(8)2)14(21)7-20-16(22)15(18)13(17)6-19-20/h5-6H,7H2,1-4H3. The van der Waals surface area contributed by atoms with E-state index >= 15 is 0 Å². The van der Waals surface area contributed by atoms with Crippen LogP contribution in [0.15, 0.2) is 17.1 Å². The number of aromatic nitrogens is 2. The third-order valence-corrected chi connectivity index (χ3v) is 4.77. The molecule has 0 radical (unpaired) electrons. The Morgan fingerprint density at radius 1 is 1.14 bits per heavy atom. The van der Waals surface area contributed by atoms with Crippen LogP contribution in [0.25, 0.3) is 0 Å². The SMILES string of the molecule is Cc1cc(C(=O)Cn2ncc(Cl)c(Cl)c2=O)c(C)c(C)c1C. The van der Waals surface area contributed by atoms with E-state index in [1.807, 2.05) is 33.8 Å². The maximum absolute atomic E-state index is 12.5. The van der Waals surface area contributed by atoms with Gasteiger partial charge >= 0.3 is 0 Å². The first kappa shape index (κ1) is 16.7. The molecule has 0 aliphatic carbocycles. The van der Waals surface area contributed by atoms with Crippen LogP contribution in [-0.2, 0) is 6.54 Å². The number of hydrogen-bond donors (Lipinski definition) is 0. The summed E-state index contributed by atoms with van der Waals surface area (Å²) in [5, 5.41) is 3.81. The molecule has 1 aromatic carbocycles. The molecule has 116 valence electrons. The molecular weight excluding hydrogens is 323 g/mol. The quantitative estimate of drug-likeness (QED) is 0.802. The molecule has 0 bridgehead atoms. The molecule has 22 heavy (non-hydrogen) atoms. The van der Waals surface area contributed by atoms with Crippen LogP contribution in [0.4, 0.5) is 0 Å². The van der Waals surface area contributed by atoms with E-state index < -0.39 is 5.56 Å². The van der Waals surface area contributed by atoms with Crippen LogP contribution < -0.4 is 5.56 Å². The summed E-state index contributed by atoms with van der Waals surface area (Å²) >= 11 is 11.5. The lowest BCUT2D eigenvalue weighted by Gasteiger charge is -2.14. The molecule has 0 saturated carbocycles. The lowest BCUT2D eigenvalue weighted by molar-refractivity contribution is 0.0965. The van der Waals surface area contributed by atoms with Crippen LogP contribution in [0.5, 0.6) is 0 Å². The van der Waals surface area contributed by atoms with Crippen molar-refractivity contribution in [2.45, 2.75) is 34.2 Å². The summed E-state index contributed by atoms with van der Waals surface area (Å²) in [5.74, 6) is -0.184. The fraction of sp³-hybridized carbons (Fsp3) is 0.312. The van der Waals surface area contributed by atoms with Gasteiger partial charge in [0.15, 0.2) is 5.78 Å². The number of carbonyl (C=O) groups is 1. The largest absolute Gasteiger partial charge is 0.292 e. The summed E-state index contributed by atoms with van der Waals surface area (Å²) in [4.78, 5) is 24.5. The van der Waals surface area contributed by atoms with Gasteiger partial charge in [-0.05, 0) is 56.0 Å². The molecule has 0 spiro atoms. The van der Waals surface area contributed by atoms with Crippen LogP contribution in [0.2, 0.25) is 10.0 Å². The van der Waals surface area contributed by atoms with Gasteiger partial charge in [-0.1, -0.05) is 23.2 Å². The van der Waals surface area contributed by atoms with E-state index in [9.17, 15) is 9.59 Å². The van der Waals surface area contributed by atoms with E-state index in [2.05, 4.69) is 5.10 Å². The van der Waals surface area contributed by atoms with Gasteiger partial charge in [-0.3, -0.25) is 9.59 Å². The van der Waals surface area contributed by atoms with Crippen LogP contribution in [0, 0.1) is 27.7 Å². The Labute approximate surface area is 138 Å². The predicted molar refractivity (Wildman–Crippen MR) is 88.2 cm³/mol. The summed E-state index contributed by atoms with van der Waals surface area (Å²) in [6.07, 6.45) is 1.26. The van der Waals surface area contributed by atoms with Gasteiger partial charge in [0.2, 0.25) is 0 Å². The van der Waals surface area contributed by atoms with E-state index in [-0.39, 0.29) is 22.4 Å². The first-order valence-corrected chi connectivity index (χ1v) is 7.51. The Morgan fingerprint density at radius 2 is 1.77 bits per heavy atom. The second kappa shape index (κ2) is 6.23. The van der Waals surface area contributed by atoms with Crippen molar-refractivity contribution in [2.75, 3.05) is 0 Å². The molecule has 0 atom stereocenters. The van der Waals surface area contributed by atoms with Crippen molar-refractivity contribution in [2.24, 2.45) is 0 Å². The maximum atomic E-state index is 12.5. The number of benzene rings is 1. The first-order valence-electron chi connectivity index (χ1n) is 6.75. The first-order chi connectivity index (χ1) is 10.2. The zero-order valence-electron chi connectivity index (χ0n) is 12.8. The van der Waals surface area contributed by atoms with Crippen molar-refractivity contribution >= 4 is 29.0 Å². The van der Waals surface area contributed by atoms with Gasteiger partial charge in [-0.25, -0.2) is 4.68 Å². The van der Waals surface area contributed by atoms with Crippen molar-refractivity contribution in [3.63, 3.8) is 0 Å². The Kier molecular flexibility index (Phi) is 4.73. The normalized spacial score (nSPS) is 10.8. The monoisotopic (exact) mass is 338 g/mol. The van der Waals surface area contributed by atoms with Gasteiger partial charge in [0.1, 0.15) is 11.6 Å². The Morgan fingerprint density at radius 3 is 2.41 bits per heavy atom. The van der Waals surface area contributed by atoms with Crippen molar-refractivity contribution < 1.29 is 4.79 Å². The molecule has 0 aliphatic rings. The molecule has 1 heterocycles. The van der Waals surface area contributed by atoms with Crippen molar-refractivity contribution in [1.29, 1.82) is 0 Å². The van der Waals surface area contributed by atoms with Gasteiger partial charge in [0.25, 0.3) is 5.56 Å². The van der Waals surface area contributed by atoms with Gasteiger partial charge in [-0.15, -0.1) is 0 Å². The van der Waals surface area contributed by atoms with Gasteiger partial charge < -0.3 is 0 Å². The molecule has 6 heteroatoms. The molecule has 4 nitrogen and oxygen atoms in total. The number of halogens is 2. The number of Topliss-reactive ketones (excluding diaryl/α,β-unsaturated/α-hetero) is 1. The van der Waals surface area contributed by atoms with E-state index in [0.717, 1.165) is 21.4 Å². The van der Waals surface area contributed by atoms with Gasteiger partial charge in [0, 0.05) is 5.56 Å². The highest BCUT2D eigenvalue weighted by molar-refractivity contribution is 6.41. The molecule has 0 saturated heterocycles. The van der Waals surface area contributed by atoms with Crippen molar-refractivity contribution in [1.82, 2.24) is 9.78 Å². The van der Waals surface area contributed by atoms with Crippen molar-refractivity contribution in [3.05, 3.63) is 60.5 Å². The Balaban J connectivity index is 2.43.